The summed E-state index contributed by atoms with van der Waals surface area (Å²) in [7, 11) is 0. The van der Waals surface area contributed by atoms with Crippen molar-refractivity contribution >= 4 is 17.6 Å². The summed E-state index contributed by atoms with van der Waals surface area (Å²) >= 11 is 0. The molecule has 2 aliphatic rings. The second-order valence-corrected chi connectivity index (χ2v) is 5.79. The standard InChI is InChI=1S/C16H20N2O3/c19-15(18-9-3-4-11(10-18)16(20)21)13-5-1-7-14-12(13)6-2-8-17-14/h1,5,7,11,17H,2-4,6,8-10H2,(H,20,21). The molecule has 1 saturated heterocycles. The molecular formula is C16H20N2O3. The van der Waals surface area contributed by atoms with E-state index in [2.05, 4.69) is 5.32 Å². The van der Waals surface area contributed by atoms with Gasteiger partial charge in [0, 0.05) is 30.9 Å². The number of hydrogen-bond acceptors (Lipinski definition) is 3. The minimum atomic E-state index is -0.802. The lowest BCUT2D eigenvalue weighted by Gasteiger charge is -2.32. The molecule has 112 valence electrons. The SMILES string of the molecule is O=C(O)C1CCCN(C(=O)c2cccc3c2CCCN3)C1. The second-order valence-electron chi connectivity index (χ2n) is 5.79. The molecule has 1 aromatic carbocycles. The van der Waals surface area contributed by atoms with Crippen LogP contribution in [-0.2, 0) is 11.2 Å². The van der Waals surface area contributed by atoms with Crippen LogP contribution in [0, 0.1) is 5.92 Å². The van der Waals surface area contributed by atoms with Crippen molar-refractivity contribution < 1.29 is 14.7 Å². The van der Waals surface area contributed by atoms with Crippen LogP contribution < -0.4 is 5.32 Å². The number of carboxylic acid groups (broad SMARTS) is 1. The number of anilines is 1. The molecule has 2 aliphatic heterocycles. The first kappa shape index (κ1) is 13.9. The maximum absolute atomic E-state index is 12.7. The third kappa shape index (κ3) is 2.73. The van der Waals surface area contributed by atoms with Crippen molar-refractivity contribution in [3.63, 3.8) is 0 Å². The van der Waals surface area contributed by atoms with E-state index >= 15 is 0 Å². The predicted molar refractivity (Wildman–Crippen MR) is 79.5 cm³/mol. The normalized spacial score (nSPS) is 21.3. The smallest absolute Gasteiger partial charge is 0.308 e. The zero-order valence-corrected chi connectivity index (χ0v) is 12.0. The van der Waals surface area contributed by atoms with Gasteiger partial charge in [0.2, 0.25) is 0 Å². The van der Waals surface area contributed by atoms with E-state index in [9.17, 15) is 9.59 Å². The lowest BCUT2D eigenvalue weighted by molar-refractivity contribution is -0.143. The third-order valence-electron chi connectivity index (χ3n) is 4.38. The molecule has 0 radical (unpaired) electrons. The molecule has 0 aliphatic carbocycles. The minimum Gasteiger partial charge on any atom is -0.481 e. The number of aliphatic carboxylic acids is 1. The molecule has 1 aromatic rings. The summed E-state index contributed by atoms with van der Waals surface area (Å²) in [4.78, 5) is 25.6. The quantitative estimate of drug-likeness (QED) is 0.873. The second kappa shape index (κ2) is 5.76. The number of carbonyl (C=O) groups is 2. The highest BCUT2D eigenvalue weighted by molar-refractivity contribution is 5.97. The van der Waals surface area contributed by atoms with Crippen LogP contribution in [-0.4, -0.2) is 41.5 Å². The zero-order valence-electron chi connectivity index (χ0n) is 12.0. The summed E-state index contributed by atoms with van der Waals surface area (Å²) in [6.07, 6.45) is 3.35. The van der Waals surface area contributed by atoms with Crippen LogP contribution in [0.2, 0.25) is 0 Å². The average Bonchev–Trinajstić information content (AvgIpc) is 2.53. The molecular weight excluding hydrogens is 268 g/mol. The molecule has 0 saturated carbocycles. The van der Waals surface area contributed by atoms with Gasteiger partial charge in [-0.1, -0.05) is 6.07 Å². The van der Waals surface area contributed by atoms with Crippen LogP contribution in [0.15, 0.2) is 18.2 Å². The van der Waals surface area contributed by atoms with Gasteiger partial charge < -0.3 is 15.3 Å². The van der Waals surface area contributed by atoms with Crippen LogP contribution >= 0.6 is 0 Å². The van der Waals surface area contributed by atoms with Gasteiger partial charge in [0.1, 0.15) is 0 Å². The number of carbonyl (C=O) groups excluding carboxylic acids is 1. The first-order valence-electron chi connectivity index (χ1n) is 7.54. The van der Waals surface area contributed by atoms with Crippen molar-refractivity contribution in [3.8, 4) is 0 Å². The van der Waals surface area contributed by atoms with Crippen LogP contribution in [0.1, 0.15) is 35.2 Å². The Morgan fingerprint density at radius 3 is 2.95 bits per heavy atom. The van der Waals surface area contributed by atoms with E-state index in [4.69, 9.17) is 5.11 Å². The number of amides is 1. The highest BCUT2D eigenvalue weighted by atomic mass is 16.4. The highest BCUT2D eigenvalue weighted by Crippen LogP contribution is 2.27. The third-order valence-corrected chi connectivity index (χ3v) is 4.38. The topological polar surface area (TPSA) is 69.6 Å². The highest BCUT2D eigenvalue weighted by Gasteiger charge is 2.30. The number of piperidine rings is 1. The van der Waals surface area contributed by atoms with Crippen molar-refractivity contribution in [2.45, 2.75) is 25.7 Å². The van der Waals surface area contributed by atoms with Gasteiger partial charge in [0.15, 0.2) is 0 Å². The lowest BCUT2D eigenvalue weighted by atomic mass is 9.94. The Morgan fingerprint density at radius 2 is 2.14 bits per heavy atom. The molecule has 1 fully saturated rings. The maximum Gasteiger partial charge on any atom is 0.308 e. The van der Waals surface area contributed by atoms with Gasteiger partial charge in [-0.3, -0.25) is 9.59 Å². The van der Waals surface area contributed by atoms with Crippen molar-refractivity contribution in [2.24, 2.45) is 5.92 Å². The monoisotopic (exact) mass is 288 g/mol. The fourth-order valence-corrected chi connectivity index (χ4v) is 3.24. The number of benzene rings is 1. The molecule has 5 heteroatoms. The van der Waals surface area contributed by atoms with Gasteiger partial charge >= 0.3 is 5.97 Å². The molecule has 0 aromatic heterocycles. The van der Waals surface area contributed by atoms with Crippen LogP contribution in [0.3, 0.4) is 0 Å². The first-order chi connectivity index (χ1) is 10.2. The number of hydrogen-bond donors (Lipinski definition) is 2. The van der Waals surface area contributed by atoms with E-state index in [1.807, 2.05) is 18.2 Å². The van der Waals surface area contributed by atoms with Gasteiger partial charge in [-0.15, -0.1) is 0 Å². The zero-order chi connectivity index (χ0) is 14.8. The van der Waals surface area contributed by atoms with E-state index in [1.165, 1.54) is 0 Å². The predicted octanol–water partition coefficient (Wildman–Crippen LogP) is 1.98. The summed E-state index contributed by atoms with van der Waals surface area (Å²) in [5.41, 5.74) is 2.84. The van der Waals surface area contributed by atoms with E-state index in [-0.39, 0.29) is 5.91 Å². The first-order valence-corrected chi connectivity index (χ1v) is 7.54. The van der Waals surface area contributed by atoms with Crippen LogP contribution in [0.5, 0.6) is 0 Å². The Hall–Kier alpha value is -2.04. The fraction of sp³-hybridized carbons (Fsp3) is 0.500. The molecule has 0 spiro atoms. The Kier molecular flexibility index (Phi) is 3.82. The van der Waals surface area contributed by atoms with Gasteiger partial charge in [-0.05, 0) is 43.4 Å². The summed E-state index contributed by atoms with van der Waals surface area (Å²) in [5, 5.41) is 12.5. The molecule has 5 nitrogen and oxygen atoms in total. The fourth-order valence-electron chi connectivity index (χ4n) is 3.24. The van der Waals surface area contributed by atoms with E-state index in [0.717, 1.165) is 42.6 Å². The van der Waals surface area contributed by atoms with E-state index < -0.39 is 11.9 Å². The Bertz CT molecular complexity index is 571. The molecule has 21 heavy (non-hydrogen) atoms. The molecule has 2 N–H and O–H groups in total. The summed E-state index contributed by atoms with van der Waals surface area (Å²) in [6.45, 7) is 1.92. The molecule has 3 rings (SSSR count). The van der Waals surface area contributed by atoms with Crippen LogP contribution in [0.25, 0.3) is 0 Å². The Balaban J connectivity index is 1.83. The number of carboxylic acids is 1. The lowest BCUT2D eigenvalue weighted by Crippen LogP contribution is -2.42. The molecule has 1 unspecified atom stereocenters. The number of nitrogens with one attached hydrogen (secondary N) is 1. The summed E-state index contributed by atoms with van der Waals surface area (Å²) in [6, 6.07) is 5.75. The maximum atomic E-state index is 12.7. The van der Waals surface area contributed by atoms with Crippen molar-refractivity contribution in [1.82, 2.24) is 4.90 Å². The Labute approximate surface area is 123 Å². The molecule has 1 amide bonds. The molecule has 1 atom stereocenters. The largest absolute Gasteiger partial charge is 0.481 e. The van der Waals surface area contributed by atoms with Crippen molar-refractivity contribution in [1.29, 1.82) is 0 Å². The van der Waals surface area contributed by atoms with Gasteiger partial charge in [0.05, 0.1) is 5.92 Å². The van der Waals surface area contributed by atoms with Crippen LogP contribution in [0.4, 0.5) is 5.69 Å². The van der Waals surface area contributed by atoms with Crippen molar-refractivity contribution in [3.05, 3.63) is 29.3 Å². The Morgan fingerprint density at radius 1 is 1.29 bits per heavy atom. The van der Waals surface area contributed by atoms with E-state index in [1.54, 1.807) is 4.90 Å². The number of rotatable bonds is 2. The van der Waals surface area contributed by atoms with Gasteiger partial charge in [-0.25, -0.2) is 0 Å². The average molecular weight is 288 g/mol. The van der Waals surface area contributed by atoms with Crippen molar-refractivity contribution in [2.75, 3.05) is 25.0 Å². The number of nitrogens with zero attached hydrogens (tertiary/aromatic N) is 1. The minimum absolute atomic E-state index is 0.0264. The summed E-state index contributed by atoms with van der Waals surface area (Å²) in [5.74, 6) is -1.26. The number of fused-ring (bicyclic) bond motifs is 1. The van der Waals surface area contributed by atoms with E-state index in [0.29, 0.717) is 19.5 Å². The molecule has 2 heterocycles. The summed E-state index contributed by atoms with van der Waals surface area (Å²) < 4.78 is 0. The molecule has 0 bridgehead atoms. The number of likely N-dealkylation sites (tertiary alicyclic amines) is 1. The van der Waals surface area contributed by atoms with Gasteiger partial charge in [0.25, 0.3) is 5.91 Å². The van der Waals surface area contributed by atoms with Gasteiger partial charge in [-0.2, -0.15) is 0 Å².